The molecule has 0 aromatic rings. The number of nitriles is 1. The van der Waals surface area contributed by atoms with Gasteiger partial charge in [0.25, 0.3) is 0 Å². The Bertz CT molecular complexity index is 277. The summed E-state index contributed by atoms with van der Waals surface area (Å²) < 4.78 is 5.19. The molecule has 0 unspecified atom stereocenters. The summed E-state index contributed by atoms with van der Waals surface area (Å²) in [6.45, 7) is 2.72. The summed E-state index contributed by atoms with van der Waals surface area (Å²) in [7, 11) is 0. The number of urea groups is 1. The molecule has 1 aliphatic carbocycles. The van der Waals surface area contributed by atoms with Gasteiger partial charge in [0.2, 0.25) is 0 Å². The van der Waals surface area contributed by atoms with Crippen molar-refractivity contribution >= 4 is 6.03 Å². The third-order valence-corrected chi connectivity index (χ3v) is 2.76. The van der Waals surface area contributed by atoms with E-state index in [0.717, 1.165) is 12.8 Å². The molecule has 0 atom stereocenters. The Hall–Kier alpha value is -1.28. The Balaban J connectivity index is 1.93. The van der Waals surface area contributed by atoms with Crippen LogP contribution in [-0.2, 0) is 4.74 Å². The van der Waals surface area contributed by atoms with Crippen molar-refractivity contribution in [2.75, 3.05) is 32.8 Å². The van der Waals surface area contributed by atoms with Crippen molar-refractivity contribution in [1.29, 1.82) is 5.26 Å². The third-order valence-electron chi connectivity index (χ3n) is 2.76. The molecule has 0 radical (unpaired) electrons. The topological polar surface area (TPSA) is 56.6 Å². The molecule has 1 saturated carbocycles. The van der Waals surface area contributed by atoms with E-state index in [-0.39, 0.29) is 12.6 Å². The highest BCUT2D eigenvalue weighted by molar-refractivity contribution is 5.75. The summed E-state index contributed by atoms with van der Waals surface area (Å²) in [5, 5.41) is 8.67. The molecule has 0 spiro atoms. The van der Waals surface area contributed by atoms with Crippen LogP contribution in [-0.4, -0.2) is 54.7 Å². The van der Waals surface area contributed by atoms with Gasteiger partial charge < -0.3 is 14.5 Å². The fourth-order valence-electron chi connectivity index (χ4n) is 1.75. The summed E-state index contributed by atoms with van der Waals surface area (Å²) in [5.74, 6) is 0. The molecule has 1 heterocycles. The molecule has 15 heavy (non-hydrogen) atoms. The number of hydrogen-bond acceptors (Lipinski definition) is 3. The summed E-state index contributed by atoms with van der Waals surface area (Å²) in [6.07, 6.45) is 2.08. The van der Waals surface area contributed by atoms with Gasteiger partial charge in [0, 0.05) is 19.1 Å². The minimum atomic E-state index is 0.00218. The zero-order chi connectivity index (χ0) is 10.7. The molecule has 0 aromatic carbocycles. The van der Waals surface area contributed by atoms with E-state index in [0.29, 0.717) is 32.3 Å². The van der Waals surface area contributed by atoms with E-state index in [1.54, 1.807) is 9.80 Å². The molecule has 1 saturated heterocycles. The first-order valence-corrected chi connectivity index (χ1v) is 5.33. The molecule has 5 nitrogen and oxygen atoms in total. The first-order valence-electron chi connectivity index (χ1n) is 5.33. The van der Waals surface area contributed by atoms with Crippen molar-refractivity contribution in [2.45, 2.75) is 18.9 Å². The van der Waals surface area contributed by atoms with Gasteiger partial charge in [-0.3, -0.25) is 0 Å². The van der Waals surface area contributed by atoms with Gasteiger partial charge in [-0.1, -0.05) is 0 Å². The van der Waals surface area contributed by atoms with Gasteiger partial charge in [-0.15, -0.1) is 0 Å². The average Bonchev–Trinajstić information content (AvgIpc) is 3.10. The molecule has 2 aliphatic rings. The molecule has 1 aliphatic heterocycles. The van der Waals surface area contributed by atoms with Gasteiger partial charge in [-0.25, -0.2) is 4.79 Å². The molecular formula is C10H15N3O2. The maximum Gasteiger partial charge on any atom is 0.321 e. The second-order valence-corrected chi connectivity index (χ2v) is 3.90. The Morgan fingerprint density at radius 3 is 2.67 bits per heavy atom. The van der Waals surface area contributed by atoms with Gasteiger partial charge in [-0.2, -0.15) is 5.26 Å². The monoisotopic (exact) mass is 209 g/mol. The van der Waals surface area contributed by atoms with Crippen molar-refractivity contribution < 1.29 is 9.53 Å². The molecular weight excluding hydrogens is 194 g/mol. The zero-order valence-corrected chi connectivity index (χ0v) is 8.69. The highest BCUT2D eigenvalue weighted by Gasteiger charge is 2.34. The molecule has 2 fully saturated rings. The number of nitrogens with zero attached hydrogens (tertiary/aromatic N) is 3. The normalized spacial score (nSPS) is 20.9. The highest BCUT2D eigenvalue weighted by Crippen LogP contribution is 2.27. The molecule has 82 valence electrons. The lowest BCUT2D eigenvalue weighted by molar-refractivity contribution is 0.0437. The lowest BCUT2D eigenvalue weighted by atomic mass is 10.4. The number of ether oxygens (including phenoxy) is 1. The predicted octanol–water partition coefficient (Wildman–Crippen LogP) is 0.427. The van der Waals surface area contributed by atoms with Crippen LogP contribution < -0.4 is 0 Å². The third kappa shape index (κ3) is 2.39. The van der Waals surface area contributed by atoms with Gasteiger partial charge >= 0.3 is 6.03 Å². The van der Waals surface area contributed by atoms with Crippen molar-refractivity contribution in [1.82, 2.24) is 9.80 Å². The molecule has 2 amide bonds. The minimum Gasteiger partial charge on any atom is -0.378 e. The van der Waals surface area contributed by atoms with Crippen LogP contribution in [0.1, 0.15) is 12.8 Å². The van der Waals surface area contributed by atoms with Gasteiger partial charge in [0.05, 0.1) is 19.3 Å². The number of hydrogen-bond donors (Lipinski definition) is 0. The van der Waals surface area contributed by atoms with Crippen LogP contribution in [0.4, 0.5) is 4.79 Å². The number of carbonyl (C=O) groups is 1. The Morgan fingerprint density at radius 1 is 1.47 bits per heavy atom. The van der Waals surface area contributed by atoms with E-state index in [2.05, 4.69) is 6.07 Å². The number of rotatable bonds is 2. The van der Waals surface area contributed by atoms with Crippen molar-refractivity contribution in [2.24, 2.45) is 0 Å². The average molecular weight is 209 g/mol. The van der Waals surface area contributed by atoms with Crippen LogP contribution in [0, 0.1) is 11.3 Å². The summed E-state index contributed by atoms with van der Waals surface area (Å²) >= 11 is 0. The fraction of sp³-hybridized carbons (Fsp3) is 0.800. The number of carbonyl (C=O) groups excluding carboxylic acids is 1. The standard InChI is InChI=1S/C10H15N3O2/c11-3-4-13(9-1-2-9)10(14)12-5-7-15-8-6-12/h9H,1-2,4-8H2. The molecule has 0 N–H and O–H groups in total. The van der Waals surface area contributed by atoms with Crippen LogP contribution in [0.2, 0.25) is 0 Å². The molecule has 0 aromatic heterocycles. The highest BCUT2D eigenvalue weighted by atomic mass is 16.5. The summed E-state index contributed by atoms with van der Waals surface area (Å²) in [4.78, 5) is 15.5. The number of morpholine rings is 1. The fourth-order valence-corrected chi connectivity index (χ4v) is 1.75. The second-order valence-electron chi connectivity index (χ2n) is 3.90. The Morgan fingerprint density at radius 2 is 2.13 bits per heavy atom. The first-order chi connectivity index (χ1) is 7.33. The quantitative estimate of drug-likeness (QED) is 0.619. The second kappa shape index (κ2) is 4.49. The largest absolute Gasteiger partial charge is 0.378 e. The summed E-state index contributed by atoms with van der Waals surface area (Å²) in [5.41, 5.74) is 0. The van der Waals surface area contributed by atoms with E-state index in [1.807, 2.05) is 0 Å². The van der Waals surface area contributed by atoms with Crippen LogP contribution in [0.15, 0.2) is 0 Å². The van der Waals surface area contributed by atoms with E-state index in [4.69, 9.17) is 10.00 Å². The Kier molecular flexibility index (Phi) is 3.07. The maximum absolute atomic E-state index is 12.0. The van der Waals surface area contributed by atoms with Gasteiger partial charge in [-0.05, 0) is 12.8 Å². The van der Waals surface area contributed by atoms with E-state index in [1.165, 1.54) is 0 Å². The molecule has 2 rings (SSSR count). The lowest BCUT2D eigenvalue weighted by Crippen LogP contribution is -2.49. The smallest absolute Gasteiger partial charge is 0.321 e. The predicted molar refractivity (Wildman–Crippen MR) is 53.1 cm³/mol. The molecule has 0 bridgehead atoms. The van der Waals surface area contributed by atoms with Crippen molar-refractivity contribution in [3.63, 3.8) is 0 Å². The van der Waals surface area contributed by atoms with Crippen LogP contribution >= 0.6 is 0 Å². The first kappa shape index (κ1) is 10.2. The van der Waals surface area contributed by atoms with Crippen molar-refractivity contribution in [3.8, 4) is 6.07 Å². The zero-order valence-electron chi connectivity index (χ0n) is 8.69. The van der Waals surface area contributed by atoms with E-state index in [9.17, 15) is 4.79 Å². The summed E-state index contributed by atoms with van der Waals surface area (Å²) in [6, 6.07) is 2.36. The molecule has 5 heteroatoms. The van der Waals surface area contributed by atoms with E-state index >= 15 is 0 Å². The van der Waals surface area contributed by atoms with Gasteiger partial charge in [0.15, 0.2) is 0 Å². The van der Waals surface area contributed by atoms with Gasteiger partial charge in [0.1, 0.15) is 6.54 Å². The van der Waals surface area contributed by atoms with Crippen molar-refractivity contribution in [3.05, 3.63) is 0 Å². The Labute approximate surface area is 89.2 Å². The van der Waals surface area contributed by atoms with Crippen LogP contribution in [0.3, 0.4) is 0 Å². The minimum absolute atomic E-state index is 0.00218. The van der Waals surface area contributed by atoms with Crippen LogP contribution in [0.5, 0.6) is 0 Å². The lowest BCUT2D eigenvalue weighted by Gasteiger charge is -2.31. The van der Waals surface area contributed by atoms with Crippen LogP contribution in [0.25, 0.3) is 0 Å². The van der Waals surface area contributed by atoms with E-state index < -0.39 is 0 Å². The maximum atomic E-state index is 12.0. The SMILES string of the molecule is N#CCN(C(=O)N1CCOCC1)C1CC1. The number of amides is 2.